The minimum atomic E-state index is 0.650. The lowest BCUT2D eigenvalue weighted by molar-refractivity contribution is 0.340. The molecular weight excluding hydrogens is 324 g/mol. The predicted molar refractivity (Wildman–Crippen MR) is 97.7 cm³/mol. The highest BCUT2D eigenvalue weighted by molar-refractivity contribution is 6.30. The molecule has 0 aliphatic rings. The van der Waals surface area contributed by atoms with E-state index in [2.05, 4.69) is 20.6 Å². The molecule has 24 heavy (non-hydrogen) atoms. The summed E-state index contributed by atoms with van der Waals surface area (Å²) in [7, 11) is 0. The van der Waals surface area contributed by atoms with Crippen molar-refractivity contribution < 1.29 is 4.74 Å². The molecule has 0 aliphatic carbocycles. The standard InChI is InChI=1S/C18H17ClN4O/c1-2-24-16-8-6-14(7-9-16)22-17-11-18(21-12-20-17)23-15-5-3-4-13(19)10-15/h3-12H,2H2,1H3,(H2,20,21,22,23). The molecule has 3 aromatic rings. The second kappa shape index (κ2) is 7.66. The molecule has 0 bridgehead atoms. The van der Waals surface area contributed by atoms with Gasteiger partial charge in [0, 0.05) is 22.5 Å². The summed E-state index contributed by atoms with van der Waals surface area (Å²) in [6, 6.07) is 17.0. The molecule has 0 aliphatic heterocycles. The van der Waals surface area contributed by atoms with Crippen LogP contribution in [0.2, 0.25) is 5.02 Å². The maximum absolute atomic E-state index is 5.99. The average Bonchev–Trinajstić information content (AvgIpc) is 2.57. The Morgan fingerprint density at radius 1 is 0.917 bits per heavy atom. The van der Waals surface area contributed by atoms with Crippen molar-refractivity contribution in [1.29, 1.82) is 0 Å². The summed E-state index contributed by atoms with van der Waals surface area (Å²) in [5.74, 6) is 2.22. The number of ether oxygens (including phenoxy) is 1. The quantitative estimate of drug-likeness (QED) is 0.660. The van der Waals surface area contributed by atoms with Crippen LogP contribution in [0, 0.1) is 0 Å². The summed E-state index contributed by atoms with van der Waals surface area (Å²) < 4.78 is 5.43. The zero-order valence-electron chi connectivity index (χ0n) is 13.2. The van der Waals surface area contributed by atoms with Crippen LogP contribution < -0.4 is 15.4 Å². The Morgan fingerprint density at radius 2 is 1.62 bits per heavy atom. The highest BCUT2D eigenvalue weighted by Crippen LogP contribution is 2.22. The fourth-order valence-corrected chi connectivity index (χ4v) is 2.35. The monoisotopic (exact) mass is 340 g/mol. The molecule has 2 N–H and O–H groups in total. The van der Waals surface area contributed by atoms with Gasteiger partial charge in [0.25, 0.3) is 0 Å². The molecular formula is C18H17ClN4O. The molecule has 0 saturated carbocycles. The van der Waals surface area contributed by atoms with Crippen molar-refractivity contribution in [2.45, 2.75) is 6.92 Å². The Hall–Kier alpha value is -2.79. The molecule has 5 nitrogen and oxygen atoms in total. The second-order valence-corrected chi connectivity index (χ2v) is 5.44. The van der Waals surface area contributed by atoms with Gasteiger partial charge in [-0.05, 0) is 49.4 Å². The van der Waals surface area contributed by atoms with E-state index in [1.807, 2.05) is 61.5 Å². The molecule has 1 aromatic heterocycles. The van der Waals surface area contributed by atoms with Gasteiger partial charge in [0.15, 0.2) is 0 Å². The van der Waals surface area contributed by atoms with Crippen LogP contribution in [0.3, 0.4) is 0 Å². The van der Waals surface area contributed by atoms with Crippen molar-refractivity contribution in [3.63, 3.8) is 0 Å². The number of nitrogens with one attached hydrogen (secondary N) is 2. The summed E-state index contributed by atoms with van der Waals surface area (Å²) in [6.45, 7) is 2.61. The van der Waals surface area contributed by atoms with Crippen LogP contribution in [0.25, 0.3) is 0 Å². The van der Waals surface area contributed by atoms with Gasteiger partial charge in [-0.25, -0.2) is 9.97 Å². The maximum Gasteiger partial charge on any atom is 0.135 e. The van der Waals surface area contributed by atoms with Crippen LogP contribution in [-0.2, 0) is 0 Å². The van der Waals surface area contributed by atoms with E-state index < -0.39 is 0 Å². The number of benzene rings is 2. The van der Waals surface area contributed by atoms with E-state index in [1.165, 1.54) is 6.33 Å². The summed E-state index contributed by atoms with van der Waals surface area (Å²) in [5.41, 5.74) is 1.79. The van der Waals surface area contributed by atoms with Gasteiger partial charge in [-0.1, -0.05) is 17.7 Å². The van der Waals surface area contributed by atoms with Crippen molar-refractivity contribution >= 4 is 34.6 Å². The molecule has 0 unspecified atom stereocenters. The lowest BCUT2D eigenvalue weighted by Crippen LogP contribution is -1.98. The van der Waals surface area contributed by atoms with Crippen molar-refractivity contribution in [3.05, 3.63) is 65.9 Å². The third-order valence-corrected chi connectivity index (χ3v) is 3.44. The molecule has 3 rings (SSSR count). The molecule has 0 amide bonds. The van der Waals surface area contributed by atoms with Gasteiger partial charge in [-0.2, -0.15) is 0 Å². The van der Waals surface area contributed by atoms with Crippen LogP contribution >= 0.6 is 11.6 Å². The Balaban J connectivity index is 1.70. The van der Waals surface area contributed by atoms with Crippen molar-refractivity contribution in [3.8, 4) is 5.75 Å². The first-order chi connectivity index (χ1) is 11.7. The lowest BCUT2D eigenvalue weighted by atomic mass is 10.3. The molecule has 122 valence electrons. The number of rotatable bonds is 6. The molecule has 0 saturated heterocycles. The second-order valence-electron chi connectivity index (χ2n) is 5.01. The SMILES string of the molecule is CCOc1ccc(Nc2cc(Nc3cccc(Cl)c3)ncn2)cc1. The van der Waals surface area contributed by atoms with Gasteiger partial charge in [0.2, 0.25) is 0 Å². The van der Waals surface area contributed by atoms with Crippen molar-refractivity contribution in [2.24, 2.45) is 0 Å². The zero-order valence-corrected chi connectivity index (χ0v) is 13.9. The summed E-state index contributed by atoms with van der Waals surface area (Å²) in [5, 5.41) is 7.11. The minimum absolute atomic E-state index is 0.650. The van der Waals surface area contributed by atoms with E-state index in [4.69, 9.17) is 16.3 Å². The van der Waals surface area contributed by atoms with Crippen LogP contribution in [0.1, 0.15) is 6.92 Å². The molecule has 1 heterocycles. The summed E-state index contributed by atoms with van der Waals surface area (Å²) >= 11 is 5.99. The molecule has 0 spiro atoms. The highest BCUT2D eigenvalue weighted by atomic mass is 35.5. The number of anilines is 4. The van der Waals surface area contributed by atoms with E-state index in [9.17, 15) is 0 Å². The van der Waals surface area contributed by atoms with E-state index >= 15 is 0 Å². The van der Waals surface area contributed by atoms with Crippen molar-refractivity contribution in [2.75, 3.05) is 17.2 Å². The molecule has 0 atom stereocenters. The molecule has 0 radical (unpaired) electrons. The number of halogens is 1. The van der Waals surface area contributed by atoms with Gasteiger partial charge < -0.3 is 15.4 Å². The van der Waals surface area contributed by atoms with Gasteiger partial charge in [0.1, 0.15) is 23.7 Å². The number of aromatic nitrogens is 2. The van der Waals surface area contributed by atoms with Gasteiger partial charge in [-0.3, -0.25) is 0 Å². The normalized spacial score (nSPS) is 10.2. The lowest BCUT2D eigenvalue weighted by Gasteiger charge is -2.09. The number of hydrogen-bond acceptors (Lipinski definition) is 5. The molecule has 0 fully saturated rings. The largest absolute Gasteiger partial charge is 0.494 e. The summed E-state index contributed by atoms with van der Waals surface area (Å²) in [6.07, 6.45) is 1.50. The van der Waals surface area contributed by atoms with Gasteiger partial charge in [-0.15, -0.1) is 0 Å². The average molecular weight is 341 g/mol. The summed E-state index contributed by atoms with van der Waals surface area (Å²) in [4.78, 5) is 8.45. The minimum Gasteiger partial charge on any atom is -0.494 e. The fraction of sp³-hybridized carbons (Fsp3) is 0.111. The Morgan fingerprint density at radius 3 is 2.29 bits per heavy atom. The first kappa shape index (κ1) is 16.1. The van der Waals surface area contributed by atoms with Crippen LogP contribution in [0.15, 0.2) is 60.9 Å². The Kier molecular flexibility index (Phi) is 5.13. The third-order valence-electron chi connectivity index (χ3n) is 3.20. The smallest absolute Gasteiger partial charge is 0.135 e. The van der Waals surface area contributed by atoms with Crippen LogP contribution in [-0.4, -0.2) is 16.6 Å². The first-order valence-corrected chi connectivity index (χ1v) is 7.95. The Labute approximate surface area is 145 Å². The van der Waals surface area contributed by atoms with Crippen LogP contribution in [0.4, 0.5) is 23.0 Å². The van der Waals surface area contributed by atoms with E-state index in [0.29, 0.717) is 23.3 Å². The zero-order chi connectivity index (χ0) is 16.8. The highest BCUT2D eigenvalue weighted by Gasteiger charge is 2.02. The van der Waals surface area contributed by atoms with Gasteiger partial charge in [0.05, 0.1) is 6.61 Å². The maximum atomic E-state index is 5.99. The Bertz CT molecular complexity index is 808. The van der Waals surface area contributed by atoms with E-state index in [1.54, 1.807) is 0 Å². The molecule has 6 heteroatoms. The predicted octanol–water partition coefficient (Wildman–Crippen LogP) is 5.02. The number of nitrogens with zero attached hydrogens (tertiary/aromatic N) is 2. The fourth-order valence-electron chi connectivity index (χ4n) is 2.16. The van der Waals surface area contributed by atoms with E-state index in [0.717, 1.165) is 17.1 Å². The third kappa shape index (κ3) is 4.36. The van der Waals surface area contributed by atoms with Crippen LogP contribution in [0.5, 0.6) is 5.75 Å². The molecule has 2 aromatic carbocycles. The van der Waals surface area contributed by atoms with Crippen molar-refractivity contribution in [1.82, 2.24) is 9.97 Å². The topological polar surface area (TPSA) is 59.1 Å². The van der Waals surface area contributed by atoms with E-state index in [-0.39, 0.29) is 0 Å². The van der Waals surface area contributed by atoms with Gasteiger partial charge >= 0.3 is 0 Å². The first-order valence-electron chi connectivity index (χ1n) is 7.57. The number of hydrogen-bond donors (Lipinski definition) is 2.